The van der Waals surface area contributed by atoms with E-state index in [0.29, 0.717) is 11.8 Å². The summed E-state index contributed by atoms with van der Waals surface area (Å²) in [5.41, 5.74) is 1.84. The topological polar surface area (TPSA) is 44.7 Å². The number of rotatable bonds is 3. The highest BCUT2D eigenvalue weighted by atomic mass is 32.1. The van der Waals surface area contributed by atoms with Crippen LogP contribution in [0, 0.1) is 18.8 Å². The van der Waals surface area contributed by atoms with Gasteiger partial charge in [-0.1, -0.05) is 30.3 Å². The Labute approximate surface area is 157 Å². The van der Waals surface area contributed by atoms with Crippen LogP contribution in [-0.4, -0.2) is 35.3 Å². The monoisotopic (exact) mass is 365 g/mol. The molecule has 0 bridgehead atoms. The second kappa shape index (κ2) is 6.03. The fourth-order valence-corrected chi connectivity index (χ4v) is 5.88. The van der Waals surface area contributed by atoms with Crippen LogP contribution in [0.25, 0.3) is 0 Å². The summed E-state index contributed by atoms with van der Waals surface area (Å²) in [4.78, 5) is 21.9. The van der Waals surface area contributed by atoms with Crippen LogP contribution >= 0.6 is 11.3 Å². The van der Waals surface area contributed by atoms with Gasteiger partial charge in [0.1, 0.15) is 11.4 Å². The molecule has 1 N–H and O–H groups in total. The molecule has 1 amide bonds. The summed E-state index contributed by atoms with van der Waals surface area (Å²) >= 11 is 1.84. The lowest BCUT2D eigenvalue weighted by atomic mass is 9.85. The second-order valence-corrected chi connectivity index (χ2v) is 8.83. The molecule has 1 aromatic carbocycles. The van der Waals surface area contributed by atoms with Crippen molar-refractivity contribution in [3.63, 3.8) is 0 Å². The zero-order valence-electron chi connectivity index (χ0n) is 14.9. The van der Waals surface area contributed by atoms with Crippen LogP contribution in [0.4, 0.5) is 0 Å². The minimum atomic E-state index is -0.547. The number of fused-ring (bicyclic) bond motifs is 2. The quantitative estimate of drug-likeness (QED) is 0.908. The van der Waals surface area contributed by atoms with Gasteiger partial charge in [0.05, 0.1) is 0 Å². The highest BCUT2D eigenvalue weighted by Crippen LogP contribution is 2.49. The zero-order valence-corrected chi connectivity index (χ0v) is 15.8. The average Bonchev–Trinajstić information content (AvgIpc) is 3.38. The first-order valence-corrected chi connectivity index (χ1v) is 10.3. The number of thiophene rings is 1. The molecule has 4 nitrogen and oxygen atoms in total. The zero-order chi connectivity index (χ0) is 17.7. The maximum absolute atomic E-state index is 13.0. The third-order valence-electron chi connectivity index (χ3n) is 6.35. The van der Waals surface area contributed by atoms with Crippen LogP contribution in [0.5, 0.6) is 0 Å². The van der Waals surface area contributed by atoms with Gasteiger partial charge >= 0.3 is 0 Å². The number of amidine groups is 1. The van der Waals surface area contributed by atoms with Gasteiger partial charge in [-0.05, 0) is 42.7 Å². The van der Waals surface area contributed by atoms with E-state index in [1.807, 2.05) is 41.7 Å². The highest BCUT2D eigenvalue weighted by molar-refractivity contribution is 7.10. The van der Waals surface area contributed by atoms with Crippen molar-refractivity contribution in [1.29, 1.82) is 0 Å². The van der Waals surface area contributed by atoms with Gasteiger partial charge in [0.15, 0.2) is 0 Å². The van der Waals surface area contributed by atoms with Crippen molar-refractivity contribution in [2.24, 2.45) is 16.8 Å². The predicted octanol–water partition coefficient (Wildman–Crippen LogP) is 3.21. The summed E-state index contributed by atoms with van der Waals surface area (Å²) < 4.78 is 0. The van der Waals surface area contributed by atoms with Crippen molar-refractivity contribution >= 4 is 23.1 Å². The highest BCUT2D eigenvalue weighted by Gasteiger charge is 2.59. The van der Waals surface area contributed by atoms with E-state index in [-0.39, 0.29) is 5.91 Å². The first kappa shape index (κ1) is 16.2. The number of nitrogens with zero attached hydrogens (tertiary/aromatic N) is 2. The number of aryl methyl sites for hydroxylation is 1. The Morgan fingerprint density at radius 3 is 2.88 bits per heavy atom. The molecule has 134 valence electrons. The van der Waals surface area contributed by atoms with Gasteiger partial charge in [0, 0.05) is 36.0 Å². The fraction of sp³-hybridized carbons (Fsp3) is 0.429. The summed E-state index contributed by atoms with van der Waals surface area (Å²) in [5, 5.41) is 5.25. The lowest BCUT2D eigenvalue weighted by Gasteiger charge is -2.25. The third kappa shape index (κ3) is 2.45. The van der Waals surface area contributed by atoms with Crippen LogP contribution in [0.15, 0.2) is 46.8 Å². The molecule has 3 atom stereocenters. The number of amides is 1. The molecule has 0 unspecified atom stereocenters. The molecular weight excluding hydrogens is 342 g/mol. The Kier molecular flexibility index (Phi) is 3.76. The van der Waals surface area contributed by atoms with E-state index < -0.39 is 5.54 Å². The Morgan fingerprint density at radius 2 is 2.12 bits per heavy atom. The van der Waals surface area contributed by atoms with Crippen LogP contribution < -0.4 is 5.32 Å². The molecule has 1 saturated carbocycles. The molecule has 3 aliphatic rings. The largest absolute Gasteiger partial charge is 0.308 e. The second-order valence-electron chi connectivity index (χ2n) is 7.83. The molecule has 2 aromatic rings. The number of nitrogens with one attached hydrogen (secondary N) is 1. The molecule has 2 aliphatic heterocycles. The summed E-state index contributed by atoms with van der Waals surface area (Å²) in [6, 6.07) is 12.2. The minimum Gasteiger partial charge on any atom is -0.308 e. The van der Waals surface area contributed by atoms with E-state index in [1.54, 1.807) is 0 Å². The van der Waals surface area contributed by atoms with Gasteiger partial charge in [0.2, 0.25) is 0 Å². The number of likely N-dealkylation sites (tertiary alicyclic amines) is 1. The van der Waals surface area contributed by atoms with Crippen molar-refractivity contribution in [3.05, 3.63) is 57.8 Å². The Bertz CT molecular complexity index is 874. The van der Waals surface area contributed by atoms with Gasteiger partial charge in [-0.3, -0.25) is 14.7 Å². The van der Waals surface area contributed by atoms with E-state index >= 15 is 0 Å². The summed E-state index contributed by atoms with van der Waals surface area (Å²) in [6.45, 7) is 5.25. The molecule has 1 saturated heterocycles. The van der Waals surface area contributed by atoms with Gasteiger partial charge < -0.3 is 5.32 Å². The lowest BCUT2D eigenvalue weighted by molar-refractivity contribution is -0.125. The number of carbonyl (C=O) groups is 1. The van der Waals surface area contributed by atoms with Crippen molar-refractivity contribution in [1.82, 2.24) is 10.2 Å². The van der Waals surface area contributed by atoms with E-state index in [4.69, 9.17) is 4.99 Å². The van der Waals surface area contributed by atoms with Crippen LogP contribution in [0.1, 0.15) is 28.8 Å². The molecular formula is C21H23N3OS. The maximum Gasteiger partial charge on any atom is 0.253 e. The average molecular weight is 366 g/mol. The molecule has 26 heavy (non-hydrogen) atoms. The first-order valence-electron chi connectivity index (χ1n) is 9.38. The van der Waals surface area contributed by atoms with Crippen LogP contribution in [0.2, 0.25) is 0 Å². The van der Waals surface area contributed by atoms with Gasteiger partial charge in [0.25, 0.3) is 5.91 Å². The molecule has 2 fully saturated rings. The summed E-state index contributed by atoms with van der Waals surface area (Å²) in [5.74, 6) is 1.78. The van der Waals surface area contributed by atoms with E-state index in [0.717, 1.165) is 43.9 Å². The van der Waals surface area contributed by atoms with Crippen LogP contribution in [-0.2, 0) is 11.3 Å². The lowest BCUT2D eigenvalue weighted by Crippen LogP contribution is -2.44. The maximum atomic E-state index is 13.0. The number of hydrogen-bond acceptors (Lipinski definition) is 4. The molecule has 1 spiro atoms. The molecule has 3 heterocycles. The van der Waals surface area contributed by atoms with E-state index in [9.17, 15) is 4.79 Å². The summed E-state index contributed by atoms with van der Waals surface area (Å²) in [7, 11) is 0. The van der Waals surface area contributed by atoms with Crippen molar-refractivity contribution < 1.29 is 4.79 Å². The fourth-order valence-electron chi connectivity index (χ4n) is 4.93. The molecule has 5 heteroatoms. The Hall–Kier alpha value is -1.98. The Morgan fingerprint density at radius 1 is 1.27 bits per heavy atom. The number of benzene rings is 1. The molecule has 0 radical (unpaired) electrons. The smallest absolute Gasteiger partial charge is 0.253 e. The number of hydrogen-bond donors (Lipinski definition) is 1. The minimum absolute atomic E-state index is 0.109. The van der Waals surface area contributed by atoms with Crippen molar-refractivity contribution in [2.45, 2.75) is 31.8 Å². The molecule has 1 aromatic heterocycles. The first-order chi connectivity index (χ1) is 12.7. The number of aliphatic imine (C=N–C) groups is 1. The van der Waals surface area contributed by atoms with E-state index in [1.165, 1.54) is 10.4 Å². The van der Waals surface area contributed by atoms with Gasteiger partial charge in [-0.2, -0.15) is 0 Å². The molecule has 1 aliphatic carbocycles. The van der Waals surface area contributed by atoms with Crippen molar-refractivity contribution in [2.75, 3.05) is 13.1 Å². The Balaban J connectivity index is 1.40. The SMILES string of the molecule is Cc1ccsc1CN1C[C@H]2CC[C@@]3(N=C(c4ccccc4)NC3=O)[C@H]2C1. The van der Waals surface area contributed by atoms with Gasteiger partial charge in [-0.15, -0.1) is 11.3 Å². The third-order valence-corrected chi connectivity index (χ3v) is 7.35. The van der Waals surface area contributed by atoms with Crippen molar-refractivity contribution in [3.8, 4) is 0 Å². The predicted molar refractivity (Wildman–Crippen MR) is 104 cm³/mol. The van der Waals surface area contributed by atoms with Crippen LogP contribution in [0.3, 0.4) is 0 Å². The molecule has 5 rings (SSSR count). The van der Waals surface area contributed by atoms with Gasteiger partial charge in [-0.25, -0.2) is 0 Å². The standard InChI is InChI=1S/C21H23N3OS/c1-14-8-10-26-18(14)13-24-11-16-7-9-21(17(16)12-24)20(25)22-19(23-21)15-5-3-2-4-6-15/h2-6,8,10,16-17H,7,9,11-13H2,1H3,(H,22,23,25)/t16-,17+,21-/m1/s1. The number of carbonyl (C=O) groups excluding carboxylic acids is 1. The van der Waals surface area contributed by atoms with E-state index in [2.05, 4.69) is 28.6 Å². The normalized spacial score (nSPS) is 30.7. The summed E-state index contributed by atoms with van der Waals surface area (Å²) in [6.07, 6.45) is 1.99.